The van der Waals surface area contributed by atoms with Crippen molar-refractivity contribution in [3.63, 3.8) is 0 Å². The molecule has 3 nitrogen and oxygen atoms in total. The average molecular weight is 222 g/mol. The normalized spacial score (nSPS) is 20.5. The molecule has 1 amide bonds. The summed E-state index contributed by atoms with van der Waals surface area (Å²) in [6.07, 6.45) is 0.562. The summed E-state index contributed by atoms with van der Waals surface area (Å²) >= 11 is 0. The maximum absolute atomic E-state index is 13.6. The first-order valence-corrected chi connectivity index (χ1v) is 5.51. The molecule has 1 N–H and O–H groups in total. The summed E-state index contributed by atoms with van der Waals surface area (Å²) in [4.78, 5) is 13.3. The van der Waals surface area contributed by atoms with E-state index in [4.69, 9.17) is 0 Å². The summed E-state index contributed by atoms with van der Waals surface area (Å²) in [6.45, 7) is 2.95. The molecule has 1 heterocycles. The van der Waals surface area contributed by atoms with Gasteiger partial charge in [-0.25, -0.2) is 4.39 Å². The van der Waals surface area contributed by atoms with E-state index in [2.05, 4.69) is 5.32 Å². The molecule has 0 saturated carbocycles. The van der Waals surface area contributed by atoms with Crippen LogP contribution in [0.25, 0.3) is 0 Å². The Bertz CT molecular complexity index is 394. The standard InChI is InChI=1S/C12H15FN2O/c1-2-7-15-11(16)8-14-12(15)9-5-3-4-6-10(9)13/h3-6,12,14H,2,7-8H2,1H3. The number of hydrogen-bond donors (Lipinski definition) is 1. The third-order valence-electron chi connectivity index (χ3n) is 2.74. The van der Waals surface area contributed by atoms with E-state index < -0.39 is 0 Å². The van der Waals surface area contributed by atoms with E-state index in [1.165, 1.54) is 6.07 Å². The van der Waals surface area contributed by atoms with Gasteiger partial charge in [0.2, 0.25) is 5.91 Å². The van der Waals surface area contributed by atoms with Crippen LogP contribution in [0.3, 0.4) is 0 Å². The minimum Gasteiger partial charge on any atom is -0.322 e. The highest BCUT2D eigenvalue weighted by molar-refractivity contribution is 5.80. The Morgan fingerprint density at radius 2 is 2.25 bits per heavy atom. The highest BCUT2D eigenvalue weighted by atomic mass is 19.1. The van der Waals surface area contributed by atoms with Gasteiger partial charge in [-0.05, 0) is 12.5 Å². The zero-order chi connectivity index (χ0) is 11.5. The van der Waals surface area contributed by atoms with Crippen molar-refractivity contribution in [1.82, 2.24) is 10.2 Å². The van der Waals surface area contributed by atoms with Crippen LogP contribution >= 0.6 is 0 Å². The monoisotopic (exact) mass is 222 g/mol. The first kappa shape index (κ1) is 11.1. The number of amides is 1. The molecule has 0 aromatic heterocycles. The maximum atomic E-state index is 13.6. The van der Waals surface area contributed by atoms with Crippen LogP contribution in [0.1, 0.15) is 25.1 Å². The second-order valence-electron chi connectivity index (χ2n) is 3.89. The smallest absolute Gasteiger partial charge is 0.238 e. The van der Waals surface area contributed by atoms with E-state index >= 15 is 0 Å². The summed E-state index contributed by atoms with van der Waals surface area (Å²) in [5.41, 5.74) is 0.543. The Balaban J connectivity index is 2.27. The molecule has 1 aliphatic heterocycles. The summed E-state index contributed by atoms with van der Waals surface area (Å²) < 4.78 is 13.6. The molecule has 1 saturated heterocycles. The number of carbonyl (C=O) groups is 1. The molecule has 0 bridgehead atoms. The number of carbonyl (C=O) groups excluding carboxylic acids is 1. The van der Waals surface area contributed by atoms with Crippen molar-refractivity contribution in [2.75, 3.05) is 13.1 Å². The van der Waals surface area contributed by atoms with Crippen molar-refractivity contribution in [2.24, 2.45) is 0 Å². The lowest BCUT2D eigenvalue weighted by Gasteiger charge is -2.24. The van der Waals surface area contributed by atoms with Crippen molar-refractivity contribution in [2.45, 2.75) is 19.5 Å². The molecule has 1 aliphatic rings. The zero-order valence-electron chi connectivity index (χ0n) is 9.24. The van der Waals surface area contributed by atoms with Gasteiger partial charge in [0.25, 0.3) is 0 Å². The van der Waals surface area contributed by atoms with Gasteiger partial charge in [0, 0.05) is 12.1 Å². The summed E-state index contributed by atoms with van der Waals surface area (Å²) in [7, 11) is 0. The third kappa shape index (κ3) is 1.93. The van der Waals surface area contributed by atoms with Gasteiger partial charge in [0.05, 0.1) is 6.54 Å². The Hall–Kier alpha value is -1.42. The van der Waals surface area contributed by atoms with Gasteiger partial charge in [0.1, 0.15) is 12.0 Å². The van der Waals surface area contributed by atoms with E-state index in [0.717, 1.165) is 6.42 Å². The minimum atomic E-state index is -0.311. The minimum absolute atomic E-state index is 0.0371. The van der Waals surface area contributed by atoms with Crippen molar-refractivity contribution < 1.29 is 9.18 Å². The fourth-order valence-electron chi connectivity index (χ4n) is 2.01. The van der Waals surface area contributed by atoms with Gasteiger partial charge < -0.3 is 4.90 Å². The predicted octanol–water partition coefficient (Wildman–Crippen LogP) is 1.67. The lowest BCUT2D eigenvalue weighted by molar-refractivity contribution is -0.128. The predicted molar refractivity (Wildman–Crippen MR) is 59.1 cm³/mol. The third-order valence-corrected chi connectivity index (χ3v) is 2.74. The SMILES string of the molecule is CCCN1C(=O)CNC1c1ccccc1F. The maximum Gasteiger partial charge on any atom is 0.238 e. The second kappa shape index (κ2) is 4.61. The molecule has 16 heavy (non-hydrogen) atoms. The van der Waals surface area contributed by atoms with Crippen molar-refractivity contribution in [1.29, 1.82) is 0 Å². The van der Waals surface area contributed by atoms with Gasteiger partial charge in [0.15, 0.2) is 0 Å². The lowest BCUT2D eigenvalue weighted by Crippen LogP contribution is -2.31. The van der Waals surface area contributed by atoms with E-state index in [1.807, 2.05) is 6.92 Å². The van der Waals surface area contributed by atoms with Gasteiger partial charge in [-0.3, -0.25) is 10.1 Å². The lowest BCUT2D eigenvalue weighted by atomic mass is 10.1. The Labute approximate surface area is 94.3 Å². The van der Waals surface area contributed by atoms with Crippen LogP contribution in [0, 0.1) is 5.82 Å². The van der Waals surface area contributed by atoms with E-state index in [-0.39, 0.29) is 17.9 Å². The second-order valence-corrected chi connectivity index (χ2v) is 3.89. The first-order valence-electron chi connectivity index (χ1n) is 5.51. The van der Waals surface area contributed by atoms with Crippen LogP contribution in [-0.4, -0.2) is 23.9 Å². The number of benzene rings is 1. The number of halogens is 1. The van der Waals surface area contributed by atoms with Crippen molar-refractivity contribution in [3.8, 4) is 0 Å². The van der Waals surface area contributed by atoms with Gasteiger partial charge >= 0.3 is 0 Å². The average Bonchev–Trinajstić information content (AvgIpc) is 2.62. The molecule has 1 unspecified atom stereocenters. The number of nitrogens with zero attached hydrogens (tertiary/aromatic N) is 1. The Morgan fingerprint density at radius 3 is 2.94 bits per heavy atom. The molecule has 0 aliphatic carbocycles. The van der Waals surface area contributed by atoms with Gasteiger partial charge in [-0.15, -0.1) is 0 Å². The summed E-state index contributed by atoms with van der Waals surface area (Å²) in [6, 6.07) is 6.57. The number of rotatable bonds is 3. The van der Waals surface area contributed by atoms with Crippen molar-refractivity contribution in [3.05, 3.63) is 35.6 Å². The topological polar surface area (TPSA) is 32.3 Å². The summed E-state index contributed by atoms with van der Waals surface area (Å²) in [5.74, 6) is -0.231. The molecule has 1 fully saturated rings. The van der Waals surface area contributed by atoms with Gasteiger partial charge in [-0.2, -0.15) is 0 Å². The van der Waals surface area contributed by atoms with Crippen LogP contribution in [0.4, 0.5) is 4.39 Å². The van der Waals surface area contributed by atoms with Crippen LogP contribution < -0.4 is 5.32 Å². The molecule has 1 atom stereocenters. The Kier molecular flexibility index (Phi) is 3.19. The first-order chi connectivity index (χ1) is 7.74. The van der Waals surface area contributed by atoms with E-state index in [0.29, 0.717) is 18.7 Å². The number of nitrogens with one attached hydrogen (secondary N) is 1. The largest absolute Gasteiger partial charge is 0.322 e. The molecule has 0 spiro atoms. The molecule has 0 radical (unpaired) electrons. The summed E-state index contributed by atoms with van der Waals surface area (Å²) in [5, 5.41) is 3.03. The molecule has 4 heteroatoms. The van der Waals surface area contributed by atoms with E-state index in [9.17, 15) is 9.18 Å². The van der Waals surface area contributed by atoms with Gasteiger partial charge in [-0.1, -0.05) is 25.1 Å². The number of hydrogen-bond acceptors (Lipinski definition) is 2. The quantitative estimate of drug-likeness (QED) is 0.843. The van der Waals surface area contributed by atoms with Crippen LogP contribution in [0.2, 0.25) is 0 Å². The molecular weight excluding hydrogens is 207 g/mol. The fraction of sp³-hybridized carbons (Fsp3) is 0.417. The van der Waals surface area contributed by atoms with Crippen LogP contribution in [-0.2, 0) is 4.79 Å². The highest BCUT2D eigenvalue weighted by Crippen LogP contribution is 2.24. The van der Waals surface area contributed by atoms with Crippen molar-refractivity contribution >= 4 is 5.91 Å². The van der Waals surface area contributed by atoms with Crippen LogP contribution in [0.5, 0.6) is 0 Å². The molecular formula is C12H15FN2O. The zero-order valence-corrected chi connectivity index (χ0v) is 9.24. The Morgan fingerprint density at radius 1 is 1.50 bits per heavy atom. The van der Waals surface area contributed by atoms with E-state index in [1.54, 1.807) is 23.1 Å². The van der Waals surface area contributed by atoms with Crippen LogP contribution in [0.15, 0.2) is 24.3 Å². The molecule has 2 rings (SSSR count). The fourth-order valence-corrected chi connectivity index (χ4v) is 2.01. The molecule has 1 aromatic rings. The highest BCUT2D eigenvalue weighted by Gasteiger charge is 2.32. The molecule has 86 valence electrons. The molecule has 1 aromatic carbocycles.